The Morgan fingerprint density at radius 2 is 1.88 bits per heavy atom. The fourth-order valence-corrected chi connectivity index (χ4v) is 3.31. The molecule has 26 heavy (non-hydrogen) atoms. The molecule has 0 radical (unpaired) electrons. The van der Waals surface area contributed by atoms with Gasteiger partial charge in [-0.05, 0) is 50.2 Å². The van der Waals surface area contributed by atoms with E-state index in [2.05, 4.69) is 15.3 Å². The zero-order valence-corrected chi connectivity index (χ0v) is 15.3. The zero-order valence-electron chi connectivity index (χ0n) is 14.5. The van der Waals surface area contributed by atoms with Gasteiger partial charge in [0.25, 0.3) is 5.91 Å². The summed E-state index contributed by atoms with van der Waals surface area (Å²) in [6.07, 6.45) is 0.699. The predicted molar refractivity (Wildman–Crippen MR) is 101 cm³/mol. The highest BCUT2D eigenvalue weighted by Gasteiger charge is 2.24. The third-order valence-electron chi connectivity index (χ3n) is 4.65. The van der Waals surface area contributed by atoms with Crippen LogP contribution in [0.25, 0.3) is 11.0 Å². The first kappa shape index (κ1) is 16.8. The summed E-state index contributed by atoms with van der Waals surface area (Å²) in [4.78, 5) is 21.8. The Balaban J connectivity index is 1.62. The number of halogens is 1. The van der Waals surface area contributed by atoms with Crippen molar-refractivity contribution in [1.29, 1.82) is 0 Å². The summed E-state index contributed by atoms with van der Waals surface area (Å²) >= 11 is 6.10. The monoisotopic (exact) mass is 367 g/mol. The number of aromatic nitrogens is 2. The number of nitrogens with one attached hydrogen (secondary N) is 1. The molecule has 1 atom stereocenters. The number of carbonyl (C=O) groups excluding carboxylic acids is 1. The summed E-state index contributed by atoms with van der Waals surface area (Å²) in [5.74, 6) is 0.617. The molecule has 0 fully saturated rings. The smallest absolute Gasteiger partial charge is 0.251 e. The number of ether oxygens (including phenoxy) is 1. The van der Waals surface area contributed by atoms with Crippen LogP contribution in [-0.4, -0.2) is 22.5 Å². The molecule has 0 saturated heterocycles. The molecule has 0 aliphatic carbocycles. The van der Waals surface area contributed by atoms with Gasteiger partial charge in [0.2, 0.25) is 0 Å². The molecule has 3 aromatic rings. The molecular formula is C20H18ClN3O2. The van der Waals surface area contributed by atoms with Gasteiger partial charge < -0.3 is 10.1 Å². The van der Waals surface area contributed by atoms with Crippen LogP contribution in [0.2, 0.25) is 5.02 Å². The molecule has 1 aliphatic rings. The van der Waals surface area contributed by atoms with Gasteiger partial charge in [0, 0.05) is 22.6 Å². The van der Waals surface area contributed by atoms with Crippen LogP contribution in [0.1, 0.15) is 39.8 Å². The summed E-state index contributed by atoms with van der Waals surface area (Å²) in [6, 6.07) is 10.7. The first-order chi connectivity index (χ1) is 12.5. The van der Waals surface area contributed by atoms with Crippen molar-refractivity contribution in [3.05, 3.63) is 63.9 Å². The van der Waals surface area contributed by atoms with E-state index in [4.69, 9.17) is 16.3 Å². The SMILES string of the molecule is Cc1nc2ccc(C(=O)NC3CCOc4ccc(Cl)cc43)cc2nc1C. The van der Waals surface area contributed by atoms with Crippen molar-refractivity contribution in [2.75, 3.05) is 6.61 Å². The van der Waals surface area contributed by atoms with E-state index in [1.54, 1.807) is 18.2 Å². The van der Waals surface area contributed by atoms with Gasteiger partial charge in [-0.3, -0.25) is 4.79 Å². The van der Waals surface area contributed by atoms with Crippen LogP contribution < -0.4 is 10.1 Å². The molecular weight excluding hydrogens is 350 g/mol. The topological polar surface area (TPSA) is 64.1 Å². The van der Waals surface area contributed by atoms with Crippen LogP contribution in [0.3, 0.4) is 0 Å². The summed E-state index contributed by atoms with van der Waals surface area (Å²) in [6.45, 7) is 4.40. The highest BCUT2D eigenvalue weighted by molar-refractivity contribution is 6.30. The average molecular weight is 368 g/mol. The number of fused-ring (bicyclic) bond motifs is 2. The molecule has 2 heterocycles. The van der Waals surface area contributed by atoms with Crippen LogP contribution in [0.15, 0.2) is 36.4 Å². The molecule has 6 heteroatoms. The third kappa shape index (κ3) is 3.10. The fourth-order valence-electron chi connectivity index (χ4n) is 3.13. The lowest BCUT2D eigenvalue weighted by Crippen LogP contribution is -2.32. The lowest BCUT2D eigenvalue weighted by Gasteiger charge is -2.27. The highest BCUT2D eigenvalue weighted by Crippen LogP contribution is 2.34. The Hall–Kier alpha value is -2.66. The number of amides is 1. The first-order valence-electron chi connectivity index (χ1n) is 8.49. The van der Waals surface area contributed by atoms with E-state index in [-0.39, 0.29) is 11.9 Å². The maximum absolute atomic E-state index is 12.8. The van der Waals surface area contributed by atoms with Gasteiger partial charge in [-0.25, -0.2) is 9.97 Å². The van der Waals surface area contributed by atoms with Crippen molar-refractivity contribution >= 4 is 28.5 Å². The van der Waals surface area contributed by atoms with Gasteiger partial charge in [-0.2, -0.15) is 0 Å². The van der Waals surface area contributed by atoms with Crippen molar-refractivity contribution in [2.45, 2.75) is 26.3 Å². The molecule has 132 valence electrons. The van der Waals surface area contributed by atoms with Crippen LogP contribution >= 0.6 is 11.6 Å². The van der Waals surface area contributed by atoms with E-state index >= 15 is 0 Å². The average Bonchev–Trinajstić information content (AvgIpc) is 2.63. The molecule has 1 amide bonds. The van der Waals surface area contributed by atoms with E-state index in [1.807, 2.05) is 32.0 Å². The van der Waals surface area contributed by atoms with E-state index < -0.39 is 0 Å². The largest absolute Gasteiger partial charge is 0.493 e. The molecule has 4 rings (SSSR count). The second-order valence-electron chi connectivity index (χ2n) is 6.44. The Kier molecular flexibility index (Phi) is 4.24. The Morgan fingerprint density at radius 3 is 2.69 bits per heavy atom. The lowest BCUT2D eigenvalue weighted by molar-refractivity contribution is 0.0925. The molecule has 2 aromatic carbocycles. The van der Waals surface area contributed by atoms with E-state index in [9.17, 15) is 4.79 Å². The second-order valence-corrected chi connectivity index (χ2v) is 6.88. The molecule has 5 nitrogen and oxygen atoms in total. The van der Waals surface area contributed by atoms with Crippen molar-refractivity contribution in [3.63, 3.8) is 0 Å². The van der Waals surface area contributed by atoms with E-state index in [1.165, 1.54) is 0 Å². The molecule has 0 bridgehead atoms. The number of hydrogen-bond donors (Lipinski definition) is 1. The number of benzene rings is 2. The van der Waals surface area contributed by atoms with E-state index in [0.29, 0.717) is 23.6 Å². The quantitative estimate of drug-likeness (QED) is 0.738. The Labute approximate surface area is 156 Å². The van der Waals surface area contributed by atoms with Gasteiger partial charge in [0.05, 0.1) is 35.1 Å². The zero-order chi connectivity index (χ0) is 18.3. The van der Waals surface area contributed by atoms with Crippen LogP contribution in [0.5, 0.6) is 5.75 Å². The van der Waals surface area contributed by atoms with Gasteiger partial charge >= 0.3 is 0 Å². The Morgan fingerprint density at radius 1 is 1.12 bits per heavy atom. The molecule has 0 spiro atoms. The molecule has 1 N–H and O–H groups in total. The highest BCUT2D eigenvalue weighted by atomic mass is 35.5. The van der Waals surface area contributed by atoms with Crippen LogP contribution in [0, 0.1) is 13.8 Å². The summed E-state index contributed by atoms with van der Waals surface area (Å²) in [5.41, 5.74) is 4.73. The predicted octanol–water partition coefficient (Wildman–Crippen LogP) is 4.15. The number of hydrogen-bond acceptors (Lipinski definition) is 4. The number of nitrogens with zero attached hydrogens (tertiary/aromatic N) is 2. The molecule has 0 saturated carbocycles. The minimum Gasteiger partial charge on any atom is -0.493 e. The summed E-state index contributed by atoms with van der Waals surface area (Å²) in [5, 5.41) is 3.71. The third-order valence-corrected chi connectivity index (χ3v) is 4.89. The lowest BCUT2D eigenvalue weighted by atomic mass is 10.00. The normalized spacial score (nSPS) is 16.0. The minimum atomic E-state index is -0.148. The first-order valence-corrected chi connectivity index (χ1v) is 8.87. The standard InChI is InChI=1S/C20H18ClN3O2/c1-11-12(2)23-18-9-13(3-5-17(18)22-11)20(25)24-16-7-8-26-19-6-4-14(21)10-15(16)19/h3-6,9-10,16H,7-8H2,1-2H3,(H,24,25). The number of carbonyl (C=O) groups is 1. The minimum absolute atomic E-state index is 0.133. The van der Waals surface area contributed by atoms with Gasteiger partial charge in [0.1, 0.15) is 5.75 Å². The van der Waals surface area contributed by atoms with Crippen LogP contribution in [-0.2, 0) is 0 Å². The maximum Gasteiger partial charge on any atom is 0.251 e. The summed E-state index contributed by atoms with van der Waals surface area (Å²) in [7, 11) is 0. The van der Waals surface area contributed by atoms with Gasteiger partial charge in [-0.15, -0.1) is 0 Å². The molecule has 1 aliphatic heterocycles. The maximum atomic E-state index is 12.8. The van der Waals surface area contributed by atoms with E-state index in [0.717, 1.165) is 33.7 Å². The van der Waals surface area contributed by atoms with Crippen molar-refractivity contribution in [3.8, 4) is 5.75 Å². The number of aryl methyl sites for hydroxylation is 2. The number of rotatable bonds is 2. The van der Waals surface area contributed by atoms with Gasteiger partial charge in [-0.1, -0.05) is 11.6 Å². The molecule has 1 unspecified atom stereocenters. The second kappa shape index (κ2) is 6.57. The van der Waals surface area contributed by atoms with Crippen molar-refractivity contribution < 1.29 is 9.53 Å². The van der Waals surface area contributed by atoms with Gasteiger partial charge in [0.15, 0.2) is 0 Å². The van der Waals surface area contributed by atoms with Crippen LogP contribution in [0.4, 0.5) is 0 Å². The van der Waals surface area contributed by atoms with Crippen molar-refractivity contribution in [1.82, 2.24) is 15.3 Å². The fraction of sp³-hybridized carbons (Fsp3) is 0.250. The van der Waals surface area contributed by atoms with Crippen molar-refractivity contribution in [2.24, 2.45) is 0 Å². The Bertz CT molecular complexity index is 1020. The molecule has 1 aromatic heterocycles. The summed E-state index contributed by atoms with van der Waals surface area (Å²) < 4.78 is 5.65.